The van der Waals surface area contributed by atoms with E-state index < -0.39 is 0 Å². The Hall–Kier alpha value is -2.21. The smallest absolute Gasteiger partial charge is 0.246 e. The van der Waals surface area contributed by atoms with Crippen LogP contribution in [-0.2, 0) is 17.9 Å². The van der Waals surface area contributed by atoms with Gasteiger partial charge in [0.25, 0.3) is 0 Å². The van der Waals surface area contributed by atoms with Gasteiger partial charge in [-0.3, -0.25) is 9.69 Å². The Balaban J connectivity index is 1.52. The van der Waals surface area contributed by atoms with Crippen LogP contribution >= 0.6 is 0 Å². The first-order valence-electron chi connectivity index (χ1n) is 7.95. The number of carbonyl (C=O) groups is 1. The fourth-order valence-electron chi connectivity index (χ4n) is 3.08. The fourth-order valence-corrected chi connectivity index (χ4v) is 3.08. The number of aryl methyl sites for hydroxylation is 1. The maximum atomic E-state index is 12.4. The first-order valence-corrected chi connectivity index (χ1v) is 7.95. The molecule has 0 spiro atoms. The van der Waals surface area contributed by atoms with Gasteiger partial charge in [0.2, 0.25) is 11.8 Å². The third kappa shape index (κ3) is 3.96. The fraction of sp³-hybridized carbons (Fsp3) is 0.471. The van der Waals surface area contributed by atoms with E-state index in [1.54, 1.807) is 6.92 Å². The van der Waals surface area contributed by atoms with Crippen LogP contribution in [0.1, 0.15) is 24.2 Å². The molecule has 0 radical (unpaired) electrons. The van der Waals surface area contributed by atoms with Gasteiger partial charge >= 0.3 is 0 Å². The molecule has 1 aromatic carbocycles. The van der Waals surface area contributed by atoms with Crippen molar-refractivity contribution in [2.24, 2.45) is 11.8 Å². The van der Waals surface area contributed by atoms with E-state index in [0.29, 0.717) is 24.2 Å². The number of nitrogens with one attached hydrogen (secondary N) is 1. The third-order valence-electron chi connectivity index (χ3n) is 4.26. The van der Waals surface area contributed by atoms with E-state index in [4.69, 9.17) is 4.52 Å². The normalized spacial score (nSPS) is 21.5. The van der Waals surface area contributed by atoms with Gasteiger partial charge in [-0.05, 0) is 18.4 Å². The minimum Gasteiger partial charge on any atom is -0.347 e. The summed E-state index contributed by atoms with van der Waals surface area (Å²) in [5.41, 5.74) is 1.28. The quantitative estimate of drug-likeness (QED) is 0.910. The predicted octanol–water partition coefficient (Wildman–Crippen LogP) is 1.76. The Labute approximate surface area is 135 Å². The SMILES string of the molecule is Cc1noc(CNC(=O)[C@@H]2CN(Cc3ccccc3)C[C@H]2C)n1. The van der Waals surface area contributed by atoms with Gasteiger partial charge in [-0.15, -0.1) is 0 Å². The highest BCUT2D eigenvalue weighted by atomic mass is 16.5. The van der Waals surface area contributed by atoms with Crippen LogP contribution in [0, 0.1) is 18.8 Å². The number of hydrogen-bond donors (Lipinski definition) is 1. The molecule has 23 heavy (non-hydrogen) atoms. The summed E-state index contributed by atoms with van der Waals surface area (Å²) in [5.74, 6) is 1.43. The summed E-state index contributed by atoms with van der Waals surface area (Å²) in [6.45, 7) is 6.79. The van der Waals surface area contributed by atoms with Crippen LogP contribution < -0.4 is 5.32 Å². The molecule has 1 N–H and O–H groups in total. The third-order valence-corrected chi connectivity index (χ3v) is 4.26. The average molecular weight is 314 g/mol. The molecule has 1 aliphatic rings. The largest absolute Gasteiger partial charge is 0.347 e. The van der Waals surface area contributed by atoms with E-state index in [1.807, 2.05) is 18.2 Å². The zero-order valence-corrected chi connectivity index (χ0v) is 13.5. The summed E-state index contributed by atoms with van der Waals surface area (Å²) < 4.78 is 5.02. The Morgan fingerprint density at radius 1 is 1.35 bits per heavy atom. The van der Waals surface area contributed by atoms with E-state index in [2.05, 4.69) is 39.4 Å². The van der Waals surface area contributed by atoms with Crippen molar-refractivity contribution in [3.63, 3.8) is 0 Å². The maximum absolute atomic E-state index is 12.4. The predicted molar refractivity (Wildman–Crippen MR) is 85.3 cm³/mol. The van der Waals surface area contributed by atoms with E-state index in [-0.39, 0.29) is 11.8 Å². The van der Waals surface area contributed by atoms with Gasteiger partial charge in [0.1, 0.15) is 0 Å². The Morgan fingerprint density at radius 3 is 2.83 bits per heavy atom. The van der Waals surface area contributed by atoms with Crippen LogP contribution in [0.15, 0.2) is 34.9 Å². The topological polar surface area (TPSA) is 71.3 Å². The lowest BCUT2D eigenvalue weighted by atomic mass is 9.97. The second kappa shape index (κ2) is 6.91. The molecule has 1 amide bonds. The molecule has 122 valence electrons. The van der Waals surface area contributed by atoms with Gasteiger partial charge < -0.3 is 9.84 Å². The van der Waals surface area contributed by atoms with Crippen molar-refractivity contribution in [2.45, 2.75) is 26.9 Å². The lowest BCUT2D eigenvalue weighted by Gasteiger charge is -2.15. The summed E-state index contributed by atoms with van der Waals surface area (Å²) >= 11 is 0. The molecule has 1 aliphatic heterocycles. The zero-order chi connectivity index (χ0) is 16.2. The molecule has 6 heteroatoms. The van der Waals surface area contributed by atoms with Crippen molar-refractivity contribution in [2.75, 3.05) is 13.1 Å². The highest BCUT2D eigenvalue weighted by Crippen LogP contribution is 2.24. The van der Waals surface area contributed by atoms with Crippen molar-refractivity contribution in [3.8, 4) is 0 Å². The van der Waals surface area contributed by atoms with Crippen molar-refractivity contribution < 1.29 is 9.32 Å². The first-order chi connectivity index (χ1) is 11.1. The number of nitrogens with zero attached hydrogens (tertiary/aromatic N) is 3. The monoisotopic (exact) mass is 314 g/mol. The van der Waals surface area contributed by atoms with Gasteiger partial charge in [-0.2, -0.15) is 4.98 Å². The van der Waals surface area contributed by atoms with Gasteiger partial charge in [-0.25, -0.2) is 0 Å². The number of hydrogen-bond acceptors (Lipinski definition) is 5. The van der Waals surface area contributed by atoms with Gasteiger partial charge in [-0.1, -0.05) is 42.4 Å². The molecule has 6 nitrogen and oxygen atoms in total. The van der Waals surface area contributed by atoms with E-state index in [1.165, 1.54) is 5.56 Å². The van der Waals surface area contributed by atoms with Crippen LogP contribution in [0.25, 0.3) is 0 Å². The molecule has 1 fully saturated rings. The molecule has 2 heterocycles. The number of amides is 1. The molecule has 0 bridgehead atoms. The molecule has 3 rings (SSSR count). The summed E-state index contributed by atoms with van der Waals surface area (Å²) in [6, 6.07) is 10.4. The van der Waals surface area contributed by atoms with E-state index in [0.717, 1.165) is 19.6 Å². The standard InChI is InChI=1S/C17H22N4O2/c1-12-9-21(10-14-6-4-3-5-7-14)11-15(12)17(22)18-8-16-19-13(2)20-23-16/h3-7,12,15H,8-11H2,1-2H3,(H,18,22)/t12-,15-/m1/s1. The minimum absolute atomic E-state index is 0.00253. The molecule has 0 saturated carbocycles. The van der Waals surface area contributed by atoms with Crippen molar-refractivity contribution in [3.05, 3.63) is 47.6 Å². The molecule has 2 aromatic rings. The van der Waals surface area contributed by atoms with Crippen LogP contribution in [0.5, 0.6) is 0 Å². The summed E-state index contributed by atoms with van der Waals surface area (Å²) in [7, 11) is 0. The first kappa shape index (κ1) is 15.7. The van der Waals surface area contributed by atoms with Crippen LogP contribution in [0.3, 0.4) is 0 Å². The molecule has 2 atom stereocenters. The highest BCUT2D eigenvalue weighted by molar-refractivity contribution is 5.79. The molecule has 1 aromatic heterocycles. The van der Waals surface area contributed by atoms with E-state index >= 15 is 0 Å². The van der Waals surface area contributed by atoms with Crippen molar-refractivity contribution in [1.82, 2.24) is 20.4 Å². The minimum atomic E-state index is 0.00253. The zero-order valence-electron chi connectivity index (χ0n) is 13.5. The Kier molecular flexibility index (Phi) is 4.71. The summed E-state index contributed by atoms with van der Waals surface area (Å²) in [6.07, 6.45) is 0. The average Bonchev–Trinajstić information content (AvgIpc) is 3.12. The Bertz CT molecular complexity index is 656. The second-order valence-corrected chi connectivity index (χ2v) is 6.22. The summed E-state index contributed by atoms with van der Waals surface area (Å²) in [5, 5.41) is 6.63. The lowest BCUT2D eigenvalue weighted by molar-refractivity contribution is -0.125. The summed E-state index contributed by atoms with van der Waals surface area (Å²) in [4.78, 5) is 18.8. The molecule has 0 unspecified atom stereocenters. The number of likely N-dealkylation sites (tertiary alicyclic amines) is 1. The van der Waals surface area contributed by atoms with Crippen LogP contribution in [0.4, 0.5) is 0 Å². The van der Waals surface area contributed by atoms with Crippen molar-refractivity contribution >= 4 is 5.91 Å². The van der Waals surface area contributed by atoms with Crippen LogP contribution in [-0.4, -0.2) is 34.0 Å². The number of carbonyl (C=O) groups excluding carboxylic acids is 1. The van der Waals surface area contributed by atoms with Gasteiger partial charge in [0, 0.05) is 19.6 Å². The number of aromatic nitrogens is 2. The van der Waals surface area contributed by atoms with E-state index in [9.17, 15) is 4.79 Å². The maximum Gasteiger partial charge on any atom is 0.246 e. The number of benzene rings is 1. The molecule has 0 aliphatic carbocycles. The second-order valence-electron chi connectivity index (χ2n) is 6.22. The Morgan fingerprint density at radius 2 is 2.13 bits per heavy atom. The van der Waals surface area contributed by atoms with Crippen molar-refractivity contribution in [1.29, 1.82) is 0 Å². The highest BCUT2D eigenvalue weighted by Gasteiger charge is 2.34. The molecular formula is C17H22N4O2. The molecule has 1 saturated heterocycles. The van der Waals surface area contributed by atoms with Crippen LogP contribution in [0.2, 0.25) is 0 Å². The number of rotatable bonds is 5. The lowest BCUT2D eigenvalue weighted by Crippen LogP contribution is -2.34. The van der Waals surface area contributed by atoms with Gasteiger partial charge in [0.05, 0.1) is 12.5 Å². The molecular weight excluding hydrogens is 292 g/mol. The van der Waals surface area contributed by atoms with Gasteiger partial charge in [0.15, 0.2) is 5.82 Å².